The van der Waals surface area contributed by atoms with Crippen LogP contribution in [-0.2, 0) is 9.53 Å². The zero-order valence-corrected chi connectivity index (χ0v) is 8.47. The quantitative estimate of drug-likeness (QED) is 0.546. The van der Waals surface area contributed by atoms with Crippen molar-refractivity contribution in [2.24, 2.45) is 11.3 Å². The highest BCUT2D eigenvalue weighted by Gasteiger charge is 2.32. The van der Waals surface area contributed by atoms with Gasteiger partial charge in [0.2, 0.25) is 6.36 Å². The number of rotatable bonds is 0. The highest BCUT2D eigenvalue weighted by Crippen LogP contribution is 2.36. The largest absolute Gasteiger partial charge is 0.431 e. The monoisotopic (exact) mass is 188 g/mol. The first-order valence-electron chi connectivity index (χ1n) is 4.73. The van der Waals surface area contributed by atoms with E-state index in [0.29, 0.717) is 12.8 Å². The summed E-state index contributed by atoms with van der Waals surface area (Å²) >= 11 is 0. The van der Waals surface area contributed by atoms with Crippen molar-refractivity contribution >= 4 is 5.97 Å². The highest BCUT2D eigenvalue weighted by molar-refractivity contribution is 5.69. The molecule has 1 saturated heterocycles. The standard InChI is InChI=1S/C10H17FO2/c1-10(2,3)7-4-5-9(12)13-8(11)6-7/h7-8H,4-6H2,1-3H3/t7-,8+/m0/s1. The van der Waals surface area contributed by atoms with Gasteiger partial charge in [-0.25, -0.2) is 4.39 Å². The average molecular weight is 188 g/mol. The Hall–Kier alpha value is -0.600. The Morgan fingerprint density at radius 2 is 2.08 bits per heavy atom. The molecule has 1 fully saturated rings. The summed E-state index contributed by atoms with van der Waals surface area (Å²) < 4.78 is 17.6. The third-order valence-corrected chi connectivity index (χ3v) is 2.65. The van der Waals surface area contributed by atoms with Crippen LogP contribution >= 0.6 is 0 Å². The van der Waals surface area contributed by atoms with Crippen molar-refractivity contribution in [1.82, 2.24) is 0 Å². The molecule has 3 heteroatoms. The number of carbonyl (C=O) groups excluding carboxylic acids is 1. The lowest BCUT2D eigenvalue weighted by Crippen LogP contribution is -2.22. The Morgan fingerprint density at radius 1 is 1.46 bits per heavy atom. The van der Waals surface area contributed by atoms with Crippen LogP contribution in [0.5, 0.6) is 0 Å². The van der Waals surface area contributed by atoms with Gasteiger partial charge in [-0.15, -0.1) is 0 Å². The van der Waals surface area contributed by atoms with Gasteiger partial charge in [0.05, 0.1) is 0 Å². The van der Waals surface area contributed by atoms with Crippen molar-refractivity contribution in [1.29, 1.82) is 0 Å². The number of halogens is 1. The number of esters is 1. The molecule has 13 heavy (non-hydrogen) atoms. The maximum absolute atomic E-state index is 13.0. The molecule has 0 N–H and O–H groups in total. The second kappa shape index (κ2) is 3.64. The third-order valence-electron chi connectivity index (χ3n) is 2.65. The fraction of sp³-hybridized carbons (Fsp3) is 0.900. The van der Waals surface area contributed by atoms with E-state index in [-0.39, 0.29) is 11.3 Å². The number of cyclic esters (lactones) is 1. The van der Waals surface area contributed by atoms with Crippen molar-refractivity contribution < 1.29 is 13.9 Å². The topological polar surface area (TPSA) is 26.3 Å². The lowest BCUT2D eigenvalue weighted by Gasteiger charge is -2.29. The summed E-state index contributed by atoms with van der Waals surface area (Å²) in [5.74, 6) is -0.173. The van der Waals surface area contributed by atoms with Gasteiger partial charge in [-0.05, 0) is 17.8 Å². The van der Waals surface area contributed by atoms with Crippen LogP contribution < -0.4 is 0 Å². The van der Waals surface area contributed by atoms with E-state index in [2.05, 4.69) is 25.5 Å². The van der Waals surface area contributed by atoms with Gasteiger partial charge in [-0.2, -0.15) is 0 Å². The van der Waals surface area contributed by atoms with Crippen molar-refractivity contribution in [2.75, 3.05) is 0 Å². The molecule has 76 valence electrons. The maximum Gasteiger partial charge on any atom is 0.308 e. The molecule has 1 aliphatic heterocycles. The van der Waals surface area contributed by atoms with Crippen LogP contribution in [0.2, 0.25) is 0 Å². The zero-order chi connectivity index (χ0) is 10.1. The van der Waals surface area contributed by atoms with Crippen LogP contribution in [0.15, 0.2) is 0 Å². The van der Waals surface area contributed by atoms with Gasteiger partial charge in [0.25, 0.3) is 0 Å². The fourth-order valence-electron chi connectivity index (χ4n) is 1.67. The Kier molecular flexibility index (Phi) is 2.94. The first-order valence-corrected chi connectivity index (χ1v) is 4.73. The first-order chi connectivity index (χ1) is 5.89. The molecule has 1 heterocycles. The van der Waals surface area contributed by atoms with Crippen LogP contribution in [0.4, 0.5) is 4.39 Å². The lowest BCUT2D eigenvalue weighted by atomic mass is 9.76. The molecule has 0 spiro atoms. The summed E-state index contributed by atoms with van der Waals surface area (Å²) in [4.78, 5) is 10.9. The molecule has 0 radical (unpaired) electrons. The summed E-state index contributed by atoms with van der Waals surface area (Å²) in [7, 11) is 0. The summed E-state index contributed by atoms with van der Waals surface area (Å²) in [6.07, 6.45) is 0.0274. The molecule has 0 bridgehead atoms. The second-order valence-corrected chi connectivity index (χ2v) is 4.74. The molecular formula is C10H17FO2. The minimum atomic E-state index is -1.40. The fourth-order valence-corrected chi connectivity index (χ4v) is 1.67. The van der Waals surface area contributed by atoms with Gasteiger partial charge < -0.3 is 4.74 Å². The molecular weight excluding hydrogens is 171 g/mol. The van der Waals surface area contributed by atoms with E-state index in [4.69, 9.17) is 0 Å². The van der Waals surface area contributed by atoms with Gasteiger partial charge in [0.15, 0.2) is 0 Å². The van der Waals surface area contributed by atoms with Gasteiger partial charge in [0, 0.05) is 12.8 Å². The first kappa shape index (κ1) is 10.5. The van der Waals surface area contributed by atoms with Crippen molar-refractivity contribution in [3.05, 3.63) is 0 Å². The number of carbonyl (C=O) groups is 1. The summed E-state index contributed by atoms with van der Waals surface area (Å²) in [6, 6.07) is 0. The molecule has 1 aliphatic rings. The predicted octanol–water partition coefficient (Wildman–Crippen LogP) is 2.67. The van der Waals surface area contributed by atoms with Crippen molar-refractivity contribution in [3.8, 4) is 0 Å². The number of hydrogen-bond acceptors (Lipinski definition) is 2. The van der Waals surface area contributed by atoms with Crippen LogP contribution in [0.1, 0.15) is 40.0 Å². The molecule has 0 aromatic carbocycles. The predicted molar refractivity (Wildman–Crippen MR) is 47.8 cm³/mol. The molecule has 2 atom stereocenters. The number of alkyl halides is 1. The van der Waals surface area contributed by atoms with Crippen LogP contribution in [0.3, 0.4) is 0 Å². The number of hydrogen-bond donors (Lipinski definition) is 0. The molecule has 0 aliphatic carbocycles. The molecule has 0 amide bonds. The Balaban J connectivity index is 2.63. The maximum atomic E-state index is 13.0. The lowest BCUT2D eigenvalue weighted by molar-refractivity contribution is -0.156. The van der Waals surface area contributed by atoms with E-state index in [0.717, 1.165) is 6.42 Å². The highest BCUT2D eigenvalue weighted by atomic mass is 19.1. The SMILES string of the molecule is CC(C)(C)[C@H]1CCC(=O)O[C@@H](F)C1. The number of ether oxygens (including phenoxy) is 1. The molecule has 0 aromatic rings. The van der Waals surface area contributed by atoms with E-state index in [9.17, 15) is 9.18 Å². The van der Waals surface area contributed by atoms with Gasteiger partial charge in [-0.1, -0.05) is 20.8 Å². The van der Waals surface area contributed by atoms with Crippen molar-refractivity contribution in [3.63, 3.8) is 0 Å². The zero-order valence-electron chi connectivity index (χ0n) is 8.47. The third kappa shape index (κ3) is 2.98. The van der Waals surface area contributed by atoms with Crippen LogP contribution in [0, 0.1) is 11.3 Å². The summed E-state index contributed by atoms with van der Waals surface area (Å²) in [5.41, 5.74) is 0.0539. The van der Waals surface area contributed by atoms with E-state index >= 15 is 0 Å². The van der Waals surface area contributed by atoms with Crippen LogP contribution in [-0.4, -0.2) is 12.3 Å². The van der Waals surface area contributed by atoms with Crippen molar-refractivity contribution in [2.45, 2.75) is 46.4 Å². The van der Waals surface area contributed by atoms with Gasteiger partial charge >= 0.3 is 5.97 Å². The smallest absolute Gasteiger partial charge is 0.308 e. The Labute approximate surface area is 78.5 Å². The Bertz CT molecular complexity index is 196. The van der Waals surface area contributed by atoms with E-state index in [1.54, 1.807) is 0 Å². The summed E-state index contributed by atoms with van der Waals surface area (Å²) in [5, 5.41) is 0. The molecule has 0 saturated carbocycles. The van der Waals surface area contributed by atoms with Gasteiger partial charge in [-0.3, -0.25) is 4.79 Å². The molecule has 1 rings (SSSR count). The molecule has 0 aromatic heterocycles. The second-order valence-electron chi connectivity index (χ2n) is 4.74. The minimum Gasteiger partial charge on any atom is -0.431 e. The van der Waals surface area contributed by atoms with E-state index in [1.807, 2.05) is 0 Å². The normalized spacial score (nSPS) is 30.9. The van der Waals surface area contributed by atoms with Gasteiger partial charge in [0.1, 0.15) is 0 Å². The average Bonchev–Trinajstić information content (AvgIpc) is 2.09. The molecule has 2 nitrogen and oxygen atoms in total. The Morgan fingerprint density at radius 3 is 2.62 bits per heavy atom. The van der Waals surface area contributed by atoms with E-state index in [1.165, 1.54) is 0 Å². The van der Waals surface area contributed by atoms with E-state index < -0.39 is 12.3 Å². The minimum absolute atomic E-state index is 0.0539. The summed E-state index contributed by atoms with van der Waals surface area (Å²) in [6.45, 7) is 6.21. The molecule has 0 unspecified atom stereocenters. The van der Waals surface area contributed by atoms with Crippen LogP contribution in [0.25, 0.3) is 0 Å².